The quantitative estimate of drug-likeness (QED) is 0.192. The molecule has 12 nitrogen and oxygen atoms in total. The predicted octanol–water partition coefficient (Wildman–Crippen LogP) is 3.35. The van der Waals surface area contributed by atoms with Gasteiger partial charge in [0.05, 0.1) is 20.3 Å². The van der Waals surface area contributed by atoms with Gasteiger partial charge in [-0.25, -0.2) is 19.6 Å². The molecule has 1 aliphatic carbocycles. The maximum atomic E-state index is 12.8. The smallest absolute Gasteiger partial charge is 0.433 e. The third-order valence-corrected chi connectivity index (χ3v) is 7.74. The van der Waals surface area contributed by atoms with E-state index >= 15 is 0 Å². The highest BCUT2D eigenvalue weighted by Gasteiger charge is 2.35. The number of carbonyl (C=O) groups excluding carboxylic acids is 1. The molecule has 3 N–H and O–H groups in total. The number of aliphatic imine (C=N–C) groups is 1. The van der Waals surface area contributed by atoms with Crippen LogP contribution in [0.4, 0.5) is 10.7 Å². The van der Waals surface area contributed by atoms with Crippen molar-refractivity contribution >= 4 is 46.6 Å². The molecule has 13 heteroatoms. The van der Waals surface area contributed by atoms with Gasteiger partial charge in [0.1, 0.15) is 11.2 Å². The Hall–Kier alpha value is -4.21. The van der Waals surface area contributed by atoms with Crippen molar-refractivity contribution in [3.63, 3.8) is 0 Å². The Morgan fingerprint density at radius 3 is 2.73 bits per heavy atom. The lowest BCUT2D eigenvalue weighted by molar-refractivity contribution is -0.144. The van der Waals surface area contributed by atoms with E-state index in [4.69, 9.17) is 38.2 Å². The summed E-state index contributed by atoms with van der Waals surface area (Å²) in [5, 5.41) is 9.67. The lowest BCUT2D eigenvalue weighted by Crippen LogP contribution is -2.51. The van der Waals surface area contributed by atoms with Crippen LogP contribution in [-0.4, -0.2) is 75.4 Å². The van der Waals surface area contributed by atoms with E-state index in [0.29, 0.717) is 53.4 Å². The first-order valence-electron chi connectivity index (χ1n) is 13.3. The van der Waals surface area contributed by atoms with E-state index < -0.39 is 18.1 Å². The van der Waals surface area contributed by atoms with Gasteiger partial charge in [-0.05, 0) is 43.7 Å². The Balaban J connectivity index is 1.74. The zero-order chi connectivity index (χ0) is 29.1. The summed E-state index contributed by atoms with van der Waals surface area (Å²) < 4.78 is 12.7. The van der Waals surface area contributed by atoms with Crippen molar-refractivity contribution in [3.05, 3.63) is 35.1 Å². The molecule has 214 valence electrons. The highest BCUT2D eigenvalue weighted by Crippen LogP contribution is 2.36. The fourth-order valence-corrected chi connectivity index (χ4v) is 5.66. The number of carbonyl (C=O) groups is 2. The number of halogens is 1. The van der Waals surface area contributed by atoms with Gasteiger partial charge in [0.15, 0.2) is 23.3 Å². The van der Waals surface area contributed by atoms with Crippen LogP contribution in [-0.2, 0) is 20.8 Å². The first-order chi connectivity index (χ1) is 19.8. The molecule has 0 radical (unpaired) electrons. The van der Waals surface area contributed by atoms with Gasteiger partial charge in [-0.2, -0.15) is 9.98 Å². The molecule has 1 saturated carbocycles. The summed E-state index contributed by atoms with van der Waals surface area (Å²) in [7, 11) is 1.33. The summed E-state index contributed by atoms with van der Waals surface area (Å²) in [6.07, 6.45) is 7.93. The Bertz CT molecular complexity index is 1540. The number of morpholine rings is 1. The number of nitrogens with two attached hydrogens (primary N) is 1. The lowest BCUT2D eigenvalue weighted by atomic mass is 9.82. The zero-order valence-corrected chi connectivity index (χ0v) is 23.3. The van der Waals surface area contributed by atoms with Crippen molar-refractivity contribution in [3.8, 4) is 23.6 Å². The number of rotatable bonds is 6. The van der Waals surface area contributed by atoms with Gasteiger partial charge in [0.2, 0.25) is 5.95 Å². The van der Waals surface area contributed by atoms with Crippen LogP contribution in [0.2, 0.25) is 5.02 Å². The SMILES string of the molecule is C#CC1CCC(Cn2c(N3CCOCC3C(=O)OC)nc3nc(C(N)=NC(=O)O)nc(-c4cccc(Cl)c4)c32)CC1. The minimum absolute atomic E-state index is 0.0906. The molecule has 1 aliphatic heterocycles. The number of anilines is 1. The van der Waals surface area contributed by atoms with Gasteiger partial charge in [0, 0.05) is 29.6 Å². The highest BCUT2D eigenvalue weighted by molar-refractivity contribution is 6.30. The van der Waals surface area contributed by atoms with Crippen molar-refractivity contribution in [2.75, 3.05) is 31.8 Å². The number of hydrogen-bond donors (Lipinski definition) is 2. The second-order valence-corrected chi connectivity index (χ2v) is 10.5. The van der Waals surface area contributed by atoms with E-state index in [0.717, 1.165) is 25.7 Å². The van der Waals surface area contributed by atoms with E-state index in [9.17, 15) is 14.7 Å². The van der Waals surface area contributed by atoms with Crippen LogP contribution in [0.15, 0.2) is 29.3 Å². The number of hydrogen-bond acceptors (Lipinski definition) is 8. The average molecular weight is 580 g/mol. The Kier molecular flexibility index (Phi) is 8.37. The Morgan fingerprint density at radius 2 is 2.05 bits per heavy atom. The van der Waals surface area contributed by atoms with Crippen molar-refractivity contribution in [1.82, 2.24) is 19.5 Å². The monoisotopic (exact) mass is 579 g/mol. The average Bonchev–Trinajstić information content (AvgIpc) is 3.34. The molecule has 2 aromatic heterocycles. The molecule has 41 heavy (non-hydrogen) atoms. The third kappa shape index (κ3) is 5.96. The van der Waals surface area contributed by atoms with Crippen LogP contribution >= 0.6 is 11.6 Å². The van der Waals surface area contributed by atoms with Crippen molar-refractivity contribution in [1.29, 1.82) is 0 Å². The van der Waals surface area contributed by atoms with Gasteiger partial charge in [-0.3, -0.25) is 0 Å². The topological polar surface area (TPSA) is 158 Å². The lowest BCUT2D eigenvalue weighted by Gasteiger charge is -2.35. The zero-order valence-electron chi connectivity index (χ0n) is 22.5. The molecule has 1 unspecified atom stereocenters. The summed E-state index contributed by atoms with van der Waals surface area (Å²) in [4.78, 5) is 43.4. The predicted molar refractivity (Wildman–Crippen MR) is 153 cm³/mol. The number of terminal acetylenes is 1. The molecule has 1 aromatic carbocycles. The summed E-state index contributed by atoms with van der Waals surface area (Å²) in [6, 6.07) is 6.40. The maximum Gasteiger partial charge on any atom is 0.433 e. The molecule has 1 saturated heterocycles. The second-order valence-electron chi connectivity index (χ2n) is 10.1. The van der Waals surface area contributed by atoms with E-state index in [1.165, 1.54) is 7.11 Å². The molecule has 3 aromatic rings. The maximum absolute atomic E-state index is 12.8. The van der Waals surface area contributed by atoms with Crippen LogP contribution in [0.25, 0.3) is 22.4 Å². The number of carboxylic acid groups (broad SMARTS) is 1. The number of methoxy groups -OCH3 is 1. The minimum Gasteiger partial charge on any atom is -0.467 e. The van der Waals surface area contributed by atoms with E-state index in [2.05, 4.69) is 20.9 Å². The summed E-state index contributed by atoms with van der Waals surface area (Å²) in [6.45, 7) is 1.49. The van der Waals surface area contributed by atoms with Crippen LogP contribution in [0, 0.1) is 24.2 Å². The molecule has 2 fully saturated rings. The molecule has 2 aliphatic rings. The molecule has 0 bridgehead atoms. The van der Waals surface area contributed by atoms with Gasteiger partial charge in [0.25, 0.3) is 0 Å². The number of aromatic nitrogens is 4. The number of esters is 1. The first-order valence-corrected chi connectivity index (χ1v) is 13.7. The van der Waals surface area contributed by atoms with Gasteiger partial charge < -0.3 is 29.8 Å². The molecule has 1 amide bonds. The van der Waals surface area contributed by atoms with Gasteiger partial charge in [-0.15, -0.1) is 12.3 Å². The fourth-order valence-electron chi connectivity index (χ4n) is 5.47. The Labute approximate surface area is 241 Å². The van der Waals surface area contributed by atoms with Crippen LogP contribution in [0.1, 0.15) is 31.5 Å². The third-order valence-electron chi connectivity index (χ3n) is 7.51. The number of amides is 1. The number of amidine groups is 1. The molecule has 5 rings (SSSR count). The molecule has 0 spiro atoms. The molecule has 3 heterocycles. The number of benzene rings is 1. The van der Waals surface area contributed by atoms with Crippen LogP contribution in [0.5, 0.6) is 0 Å². The highest BCUT2D eigenvalue weighted by atomic mass is 35.5. The van der Waals surface area contributed by atoms with Gasteiger partial charge in [-0.1, -0.05) is 23.7 Å². The minimum atomic E-state index is -1.47. The fraction of sp³-hybridized carbons (Fsp3) is 0.429. The van der Waals surface area contributed by atoms with E-state index in [-0.39, 0.29) is 29.8 Å². The Morgan fingerprint density at radius 1 is 1.27 bits per heavy atom. The molecule has 1 atom stereocenters. The first kappa shape index (κ1) is 28.3. The number of ether oxygens (including phenoxy) is 2. The largest absolute Gasteiger partial charge is 0.467 e. The summed E-state index contributed by atoms with van der Waals surface area (Å²) in [5.41, 5.74) is 7.97. The number of nitrogens with zero attached hydrogens (tertiary/aromatic N) is 6. The van der Waals surface area contributed by atoms with Crippen molar-refractivity contribution in [2.45, 2.75) is 38.3 Å². The van der Waals surface area contributed by atoms with Crippen LogP contribution < -0.4 is 10.6 Å². The number of imidazole rings is 1. The summed E-state index contributed by atoms with van der Waals surface area (Å²) >= 11 is 6.36. The number of fused-ring (bicyclic) bond motifs is 1. The summed E-state index contributed by atoms with van der Waals surface area (Å²) in [5.74, 6) is 3.02. The standard InChI is InChI=1S/C28H30ClN7O5/c1-3-16-7-9-17(10-8-16)14-36-22-21(18-5-4-6-19(29)13-18)31-25(23(30)32-28(38)39)33-24(22)34-27(36)35-11-12-41-15-20(35)26(37)40-2/h1,4-6,13,16-17,20H,7-12,14-15H2,2H3,(H2,30,32)(H,38,39). The van der Waals surface area contributed by atoms with Gasteiger partial charge >= 0.3 is 12.1 Å². The molecular weight excluding hydrogens is 550 g/mol. The van der Waals surface area contributed by atoms with E-state index in [1.54, 1.807) is 18.2 Å². The van der Waals surface area contributed by atoms with Crippen LogP contribution in [0.3, 0.4) is 0 Å². The normalized spacial score (nSPS) is 21.4. The van der Waals surface area contributed by atoms with Crippen molar-refractivity contribution < 1.29 is 24.2 Å². The van der Waals surface area contributed by atoms with E-state index in [1.807, 2.05) is 15.5 Å². The van der Waals surface area contributed by atoms with Crippen molar-refractivity contribution in [2.24, 2.45) is 22.6 Å². The second kappa shape index (κ2) is 12.1. The molecular formula is C28H30ClN7O5.